The Balaban J connectivity index is 3.78. The molecule has 0 spiro atoms. The van der Waals surface area contributed by atoms with Crippen molar-refractivity contribution >= 4 is 17.4 Å². The summed E-state index contributed by atoms with van der Waals surface area (Å²) < 4.78 is 40.2. The number of nitrogen functional groups attached to an aromatic ring is 1. The third kappa shape index (κ3) is 2.03. The number of ketones is 1. The minimum Gasteiger partial charge on any atom is -0.478 e. The fourth-order valence-corrected chi connectivity index (χ4v) is 1.40. The van der Waals surface area contributed by atoms with Gasteiger partial charge < -0.3 is 10.8 Å². The summed E-state index contributed by atoms with van der Waals surface area (Å²) in [6, 6.07) is 0. The Labute approximate surface area is 100 Å². The number of aromatic carboxylic acids is 1. The van der Waals surface area contributed by atoms with E-state index in [1.165, 1.54) is 13.8 Å². The van der Waals surface area contributed by atoms with E-state index in [4.69, 9.17) is 10.8 Å². The van der Waals surface area contributed by atoms with Crippen molar-refractivity contribution in [3.63, 3.8) is 0 Å². The van der Waals surface area contributed by atoms with Crippen molar-refractivity contribution in [2.75, 3.05) is 5.73 Å². The predicted octanol–water partition coefficient (Wildman–Crippen LogP) is 2.22. The zero-order chi connectivity index (χ0) is 14.2. The van der Waals surface area contributed by atoms with Gasteiger partial charge in [-0.05, 0) is 0 Å². The van der Waals surface area contributed by atoms with Crippen LogP contribution in [-0.2, 0) is 0 Å². The van der Waals surface area contributed by atoms with Gasteiger partial charge in [0, 0.05) is 5.92 Å². The molecule has 3 N–H and O–H groups in total. The number of hydrogen-bond donors (Lipinski definition) is 2. The molecule has 0 radical (unpaired) electrons. The number of Topliss-reactive ketones (excluding diaryl/α,β-unsaturated/α-hetero) is 1. The monoisotopic (exact) mass is 261 g/mol. The highest BCUT2D eigenvalue weighted by Gasteiger charge is 2.32. The highest BCUT2D eigenvalue weighted by atomic mass is 19.2. The third-order valence-electron chi connectivity index (χ3n) is 2.34. The van der Waals surface area contributed by atoms with E-state index in [1.54, 1.807) is 0 Å². The molecule has 0 fully saturated rings. The predicted molar refractivity (Wildman–Crippen MR) is 56.9 cm³/mol. The summed E-state index contributed by atoms with van der Waals surface area (Å²) in [4.78, 5) is 22.5. The maximum absolute atomic E-state index is 13.7. The fraction of sp³-hybridized carbons (Fsp3) is 0.273. The first kappa shape index (κ1) is 14.0. The summed E-state index contributed by atoms with van der Waals surface area (Å²) >= 11 is 0. The van der Waals surface area contributed by atoms with Crippen LogP contribution in [0.5, 0.6) is 0 Å². The molecule has 98 valence electrons. The molecule has 0 aliphatic carbocycles. The van der Waals surface area contributed by atoms with Gasteiger partial charge in [0.15, 0.2) is 23.2 Å². The molecule has 18 heavy (non-hydrogen) atoms. The van der Waals surface area contributed by atoms with Gasteiger partial charge in [-0.1, -0.05) is 13.8 Å². The molecule has 7 heteroatoms. The average Bonchev–Trinajstić information content (AvgIpc) is 2.29. The largest absolute Gasteiger partial charge is 0.478 e. The first-order valence-electron chi connectivity index (χ1n) is 4.93. The number of rotatable bonds is 3. The molecule has 0 amide bonds. The number of hydrogen-bond acceptors (Lipinski definition) is 3. The first-order chi connectivity index (χ1) is 8.20. The highest BCUT2D eigenvalue weighted by Crippen LogP contribution is 2.28. The smallest absolute Gasteiger partial charge is 0.339 e. The lowest BCUT2D eigenvalue weighted by Crippen LogP contribution is -2.20. The van der Waals surface area contributed by atoms with Crippen molar-refractivity contribution in [1.29, 1.82) is 0 Å². The number of carbonyl (C=O) groups excluding carboxylic acids is 1. The molecule has 0 atom stereocenters. The third-order valence-corrected chi connectivity index (χ3v) is 2.34. The number of anilines is 1. The molecule has 0 saturated heterocycles. The SMILES string of the molecule is CC(C)C(=O)c1c(F)c(N)c(F)c(F)c1C(=O)O. The van der Waals surface area contributed by atoms with Crippen molar-refractivity contribution in [2.45, 2.75) is 13.8 Å². The summed E-state index contributed by atoms with van der Waals surface area (Å²) in [6.45, 7) is 2.73. The molecule has 1 aromatic carbocycles. The van der Waals surface area contributed by atoms with Gasteiger partial charge in [-0.25, -0.2) is 18.0 Å². The molecule has 4 nitrogen and oxygen atoms in total. The standard InChI is InChI=1S/C11H10F3NO3/c1-3(2)10(16)4-5(11(17)18)6(12)8(14)9(15)7(4)13/h3H,15H2,1-2H3,(H,17,18). The van der Waals surface area contributed by atoms with Gasteiger partial charge in [0.25, 0.3) is 0 Å². The number of carboxylic acid groups (broad SMARTS) is 1. The molecule has 0 heterocycles. The second kappa shape index (κ2) is 4.67. The Morgan fingerprint density at radius 2 is 1.56 bits per heavy atom. The second-order valence-electron chi connectivity index (χ2n) is 3.93. The summed E-state index contributed by atoms with van der Waals surface area (Å²) in [5.41, 5.74) is 1.38. The van der Waals surface area contributed by atoms with Gasteiger partial charge in [0.05, 0.1) is 5.56 Å². The van der Waals surface area contributed by atoms with Crippen LogP contribution in [0.1, 0.15) is 34.6 Å². The van der Waals surface area contributed by atoms with Crippen LogP contribution in [0, 0.1) is 23.4 Å². The van der Waals surface area contributed by atoms with Crippen molar-refractivity contribution in [2.24, 2.45) is 5.92 Å². The number of halogens is 3. The molecule has 0 bridgehead atoms. The number of nitrogens with two attached hydrogens (primary N) is 1. The zero-order valence-corrected chi connectivity index (χ0v) is 9.55. The van der Waals surface area contributed by atoms with Gasteiger partial charge in [-0.2, -0.15) is 0 Å². The van der Waals surface area contributed by atoms with Crippen LogP contribution in [0.25, 0.3) is 0 Å². The van der Waals surface area contributed by atoms with Crippen LogP contribution < -0.4 is 5.73 Å². The number of carboxylic acids is 1. The van der Waals surface area contributed by atoms with Gasteiger partial charge in [-0.3, -0.25) is 4.79 Å². The maximum atomic E-state index is 13.7. The topological polar surface area (TPSA) is 80.4 Å². The van der Waals surface area contributed by atoms with E-state index >= 15 is 0 Å². The fourth-order valence-electron chi connectivity index (χ4n) is 1.40. The highest BCUT2D eigenvalue weighted by molar-refractivity contribution is 6.07. The lowest BCUT2D eigenvalue weighted by molar-refractivity contribution is 0.0683. The van der Waals surface area contributed by atoms with E-state index in [2.05, 4.69) is 0 Å². The molecule has 0 aliphatic heterocycles. The second-order valence-corrected chi connectivity index (χ2v) is 3.93. The lowest BCUT2D eigenvalue weighted by atomic mass is 9.94. The van der Waals surface area contributed by atoms with Crippen molar-refractivity contribution in [1.82, 2.24) is 0 Å². The lowest BCUT2D eigenvalue weighted by Gasteiger charge is -2.12. The Hall–Kier alpha value is -2.05. The van der Waals surface area contributed by atoms with Crippen LogP contribution in [0.4, 0.5) is 18.9 Å². The Morgan fingerprint density at radius 1 is 1.06 bits per heavy atom. The van der Waals surface area contributed by atoms with E-state index in [-0.39, 0.29) is 0 Å². The van der Waals surface area contributed by atoms with Crippen LogP contribution in [0.3, 0.4) is 0 Å². The van der Waals surface area contributed by atoms with Crippen molar-refractivity contribution in [3.05, 3.63) is 28.6 Å². The minimum atomic E-state index is -1.94. The van der Waals surface area contributed by atoms with Gasteiger partial charge in [-0.15, -0.1) is 0 Å². The van der Waals surface area contributed by atoms with E-state index in [9.17, 15) is 22.8 Å². The first-order valence-corrected chi connectivity index (χ1v) is 4.93. The summed E-state index contributed by atoms with van der Waals surface area (Å²) in [5.74, 6) is -8.90. The quantitative estimate of drug-likeness (QED) is 0.496. The molecular weight excluding hydrogens is 251 g/mol. The summed E-state index contributed by atoms with van der Waals surface area (Å²) in [5, 5.41) is 8.75. The molecule has 0 unspecified atom stereocenters. The van der Waals surface area contributed by atoms with Gasteiger partial charge in [0.1, 0.15) is 11.3 Å². The zero-order valence-electron chi connectivity index (χ0n) is 9.55. The number of benzene rings is 1. The normalized spacial score (nSPS) is 10.8. The average molecular weight is 261 g/mol. The Bertz CT molecular complexity index is 541. The maximum Gasteiger partial charge on any atom is 0.339 e. The number of carbonyl (C=O) groups is 2. The van der Waals surface area contributed by atoms with Crippen LogP contribution in [0.2, 0.25) is 0 Å². The van der Waals surface area contributed by atoms with Crippen molar-refractivity contribution < 1.29 is 27.9 Å². The van der Waals surface area contributed by atoms with Crippen LogP contribution in [0.15, 0.2) is 0 Å². The molecule has 0 saturated carbocycles. The van der Waals surface area contributed by atoms with Gasteiger partial charge >= 0.3 is 5.97 Å². The summed E-state index contributed by atoms with van der Waals surface area (Å²) in [6.07, 6.45) is 0. The van der Waals surface area contributed by atoms with E-state index in [1.807, 2.05) is 0 Å². The molecular formula is C11H10F3NO3. The minimum absolute atomic E-state index is 0.790. The van der Waals surface area contributed by atoms with Crippen molar-refractivity contribution in [3.8, 4) is 0 Å². The Morgan fingerprint density at radius 3 is 1.94 bits per heavy atom. The van der Waals surface area contributed by atoms with Gasteiger partial charge in [0.2, 0.25) is 0 Å². The van der Waals surface area contributed by atoms with E-state index < -0.39 is 51.9 Å². The van der Waals surface area contributed by atoms with E-state index in [0.29, 0.717) is 0 Å². The molecule has 0 aromatic heterocycles. The van der Waals surface area contributed by atoms with E-state index in [0.717, 1.165) is 0 Å². The van der Waals surface area contributed by atoms with Crippen LogP contribution >= 0.6 is 0 Å². The molecule has 1 rings (SSSR count). The summed E-state index contributed by atoms with van der Waals surface area (Å²) in [7, 11) is 0. The van der Waals surface area contributed by atoms with Crippen LogP contribution in [-0.4, -0.2) is 16.9 Å². The molecule has 1 aromatic rings. The molecule has 0 aliphatic rings. The Kier molecular flexibility index (Phi) is 3.64.